The van der Waals surface area contributed by atoms with E-state index < -0.39 is 47.0 Å². The first kappa shape index (κ1) is 14.2. The molecule has 1 aliphatic heterocycles. The minimum atomic E-state index is -1.46. The number of hydrogen-bond acceptors (Lipinski definition) is 5. The molecule has 0 radical (unpaired) electrons. The molecular weight excluding hydrogens is 283 g/mol. The lowest BCUT2D eigenvalue weighted by atomic mass is 10.0. The molecule has 2 heterocycles. The average molecular weight is 295 g/mol. The third-order valence-electron chi connectivity index (χ3n) is 3.07. The van der Waals surface area contributed by atoms with Gasteiger partial charge in [-0.25, -0.2) is 4.79 Å². The van der Waals surface area contributed by atoms with Gasteiger partial charge in [-0.1, -0.05) is 0 Å². The van der Waals surface area contributed by atoms with Gasteiger partial charge >= 0.3 is 5.69 Å². The molecule has 1 aromatic heterocycles. The van der Waals surface area contributed by atoms with Crippen LogP contribution in [-0.4, -0.2) is 43.5 Å². The maximum absolute atomic E-state index is 13.2. The lowest BCUT2D eigenvalue weighted by Gasteiger charge is -2.26. The number of aliphatic hydroxyl groups is 2. The monoisotopic (exact) mass is 294 g/mol. The molecule has 0 amide bonds. The Hall–Kier alpha value is -1.22. The van der Waals surface area contributed by atoms with Crippen LogP contribution >= 0.6 is 11.6 Å². The number of aromatic amines is 1. The van der Waals surface area contributed by atoms with Gasteiger partial charge in [0.1, 0.15) is 17.1 Å². The molecule has 1 aliphatic rings. The SMILES string of the molecule is CC1(Cl)C(O)C(CO)OC1n1cc(F)c(=O)[nH]c1=O. The summed E-state index contributed by atoms with van der Waals surface area (Å²) in [6.07, 6.45) is -2.83. The van der Waals surface area contributed by atoms with E-state index in [1.165, 1.54) is 6.92 Å². The van der Waals surface area contributed by atoms with Gasteiger partial charge in [0.05, 0.1) is 12.8 Å². The number of aliphatic hydroxyl groups excluding tert-OH is 2. The van der Waals surface area contributed by atoms with Crippen molar-refractivity contribution in [2.45, 2.75) is 30.2 Å². The number of nitrogens with one attached hydrogen (secondary N) is 1. The average Bonchev–Trinajstić information content (AvgIpc) is 2.56. The first-order valence-electron chi connectivity index (χ1n) is 5.43. The summed E-state index contributed by atoms with van der Waals surface area (Å²) in [5.74, 6) is -1.18. The van der Waals surface area contributed by atoms with Crippen molar-refractivity contribution < 1.29 is 19.3 Å². The first-order chi connectivity index (χ1) is 8.78. The summed E-state index contributed by atoms with van der Waals surface area (Å²) >= 11 is 6.10. The van der Waals surface area contributed by atoms with Gasteiger partial charge in [0.15, 0.2) is 6.23 Å². The molecule has 0 spiro atoms. The summed E-state index contributed by atoms with van der Waals surface area (Å²) in [5.41, 5.74) is -2.08. The highest BCUT2D eigenvalue weighted by Gasteiger charge is 2.53. The topological polar surface area (TPSA) is 105 Å². The molecule has 2 rings (SSSR count). The molecule has 106 valence electrons. The Bertz CT molecular complexity index is 598. The Morgan fingerprint density at radius 2 is 2.26 bits per heavy atom. The van der Waals surface area contributed by atoms with Crippen molar-refractivity contribution in [3.63, 3.8) is 0 Å². The van der Waals surface area contributed by atoms with Crippen LogP contribution < -0.4 is 11.2 Å². The Kier molecular flexibility index (Phi) is 3.52. The highest BCUT2D eigenvalue weighted by atomic mass is 35.5. The number of ether oxygens (including phenoxy) is 1. The van der Waals surface area contributed by atoms with E-state index in [2.05, 4.69) is 0 Å². The summed E-state index contributed by atoms with van der Waals surface area (Å²) in [6, 6.07) is 0. The van der Waals surface area contributed by atoms with Crippen LogP contribution in [0.4, 0.5) is 4.39 Å². The summed E-state index contributed by atoms with van der Waals surface area (Å²) in [4.78, 5) is 22.9. The number of rotatable bonds is 2. The molecule has 4 unspecified atom stereocenters. The maximum Gasteiger partial charge on any atom is 0.330 e. The zero-order valence-corrected chi connectivity index (χ0v) is 10.6. The van der Waals surface area contributed by atoms with Crippen molar-refractivity contribution in [1.82, 2.24) is 9.55 Å². The van der Waals surface area contributed by atoms with E-state index in [1.807, 2.05) is 0 Å². The van der Waals surface area contributed by atoms with Gasteiger partial charge in [-0.2, -0.15) is 4.39 Å². The number of nitrogens with zero attached hydrogens (tertiary/aromatic N) is 1. The van der Waals surface area contributed by atoms with Crippen molar-refractivity contribution in [3.05, 3.63) is 32.9 Å². The third kappa shape index (κ3) is 2.20. The quantitative estimate of drug-likeness (QED) is 0.602. The number of halogens is 2. The third-order valence-corrected chi connectivity index (χ3v) is 3.48. The second kappa shape index (κ2) is 4.71. The lowest BCUT2D eigenvalue weighted by Crippen LogP contribution is -2.43. The van der Waals surface area contributed by atoms with Crippen LogP contribution in [0, 0.1) is 5.82 Å². The summed E-state index contributed by atoms with van der Waals surface area (Å²) in [5, 5.41) is 18.9. The molecule has 3 N–H and O–H groups in total. The van der Waals surface area contributed by atoms with Crippen LogP contribution in [0.3, 0.4) is 0 Å². The molecular formula is C10H12ClFN2O5. The van der Waals surface area contributed by atoms with Gasteiger partial charge in [-0.05, 0) is 6.92 Å². The zero-order valence-electron chi connectivity index (χ0n) is 9.84. The molecule has 1 aromatic rings. The van der Waals surface area contributed by atoms with Gasteiger partial charge < -0.3 is 14.9 Å². The van der Waals surface area contributed by atoms with E-state index in [9.17, 15) is 19.1 Å². The van der Waals surface area contributed by atoms with Crippen molar-refractivity contribution >= 4 is 11.6 Å². The van der Waals surface area contributed by atoms with Crippen LogP contribution in [0.15, 0.2) is 15.8 Å². The zero-order chi connectivity index (χ0) is 14.4. The van der Waals surface area contributed by atoms with Crippen molar-refractivity contribution in [1.29, 1.82) is 0 Å². The molecule has 1 fully saturated rings. The second-order valence-electron chi connectivity index (χ2n) is 4.45. The fraction of sp³-hybridized carbons (Fsp3) is 0.600. The number of alkyl halides is 1. The van der Waals surface area contributed by atoms with E-state index in [1.54, 1.807) is 4.98 Å². The minimum absolute atomic E-state index is 0.513. The van der Waals surface area contributed by atoms with Crippen molar-refractivity contribution in [2.75, 3.05) is 6.61 Å². The number of H-pyrrole nitrogens is 1. The van der Waals surface area contributed by atoms with Crippen LogP contribution in [0.5, 0.6) is 0 Å². The minimum Gasteiger partial charge on any atom is -0.394 e. The Morgan fingerprint density at radius 3 is 2.79 bits per heavy atom. The van der Waals surface area contributed by atoms with Gasteiger partial charge in [0, 0.05) is 0 Å². The summed E-state index contributed by atoms with van der Waals surface area (Å²) in [7, 11) is 0. The first-order valence-corrected chi connectivity index (χ1v) is 5.81. The molecule has 0 aliphatic carbocycles. The Morgan fingerprint density at radius 1 is 1.63 bits per heavy atom. The van der Waals surface area contributed by atoms with E-state index >= 15 is 0 Å². The Balaban J connectivity index is 2.51. The smallest absolute Gasteiger partial charge is 0.330 e. The van der Waals surface area contributed by atoms with Crippen LogP contribution in [0.2, 0.25) is 0 Å². The van der Waals surface area contributed by atoms with Crippen LogP contribution in [-0.2, 0) is 4.74 Å². The molecule has 0 aromatic carbocycles. The van der Waals surface area contributed by atoms with Gasteiger partial charge in [0.2, 0.25) is 5.82 Å². The van der Waals surface area contributed by atoms with Gasteiger partial charge in [0.25, 0.3) is 5.56 Å². The maximum atomic E-state index is 13.2. The van der Waals surface area contributed by atoms with Gasteiger partial charge in [-0.15, -0.1) is 11.6 Å². The normalized spacial score (nSPS) is 34.7. The second-order valence-corrected chi connectivity index (χ2v) is 5.26. The molecule has 19 heavy (non-hydrogen) atoms. The van der Waals surface area contributed by atoms with E-state index in [0.717, 1.165) is 4.57 Å². The standard InChI is InChI=1S/C10H12ClFN2O5/c1-10(11)6(16)5(3-15)19-8(10)14-2-4(12)7(17)13-9(14)18/h2,5-6,8,15-16H,3H2,1H3,(H,13,17,18). The fourth-order valence-corrected chi connectivity index (χ4v) is 2.30. The molecule has 7 nitrogen and oxygen atoms in total. The highest BCUT2D eigenvalue weighted by Crippen LogP contribution is 2.42. The summed E-state index contributed by atoms with van der Waals surface area (Å²) < 4.78 is 19.2. The van der Waals surface area contributed by atoms with Crippen LogP contribution in [0.1, 0.15) is 13.2 Å². The van der Waals surface area contributed by atoms with Crippen molar-refractivity contribution in [2.24, 2.45) is 0 Å². The number of aromatic nitrogens is 2. The molecule has 9 heteroatoms. The molecule has 4 atom stereocenters. The predicted octanol–water partition coefficient (Wildman–Crippen LogP) is -1.08. The largest absolute Gasteiger partial charge is 0.394 e. The molecule has 0 saturated carbocycles. The van der Waals surface area contributed by atoms with Crippen molar-refractivity contribution in [3.8, 4) is 0 Å². The van der Waals surface area contributed by atoms with E-state index in [-0.39, 0.29) is 0 Å². The molecule has 1 saturated heterocycles. The van der Waals surface area contributed by atoms with Gasteiger partial charge in [-0.3, -0.25) is 14.3 Å². The lowest BCUT2D eigenvalue weighted by molar-refractivity contribution is -0.0473. The van der Waals surface area contributed by atoms with E-state index in [0.29, 0.717) is 6.20 Å². The summed E-state index contributed by atoms with van der Waals surface area (Å²) in [6.45, 7) is 0.871. The van der Waals surface area contributed by atoms with Crippen LogP contribution in [0.25, 0.3) is 0 Å². The fourth-order valence-electron chi connectivity index (χ4n) is 2.00. The predicted molar refractivity (Wildman–Crippen MR) is 62.5 cm³/mol. The highest BCUT2D eigenvalue weighted by molar-refractivity contribution is 6.24. The molecule has 0 bridgehead atoms. The van der Waals surface area contributed by atoms with E-state index in [4.69, 9.17) is 21.4 Å². The Labute approximate surface area is 111 Å². The number of hydrogen-bond donors (Lipinski definition) is 3.